The molecule has 0 aliphatic rings. The minimum absolute atomic E-state index is 0.141. The van der Waals surface area contributed by atoms with Crippen LogP contribution in [0.5, 0.6) is 5.75 Å². The largest absolute Gasteiger partial charge is 0.497 e. The molecule has 4 N–H and O–H groups in total. The number of nitrogen functional groups attached to an aromatic ring is 2. The number of methoxy groups -OCH3 is 1. The number of ether oxygens (including phenoxy) is 1. The summed E-state index contributed by atoms with van der Waals surface area (Å²) in [6.07, 6.45) is 0. The molecule has 0 aliphatic carbocycles. The molecular formula is C9H12N2O2. The van der Waals surface area contributed by atoms with Gasteiger partial charge in [0.1, 0.15) is 5.75 Å². The average molecular weight is 180 g/mol. The van der Waals surface area contributed by atoms with Gasteiger partial charge in [0, 0.05) is 23.5 Å². The van der Waals surface area contributed by atoms with Crippen molar-refractivity contribution in [2.75, 3.05) is 18.6 Å². The van der Waals surface area contributed by atoms with Crippen molar-refractivity contribution in [3.05, 3.63) is 17.7 Å². The van der Waals surface area contributed by atoms with Crippen LogP contribution < -0.4 is 16.2 Å². The minimum Gasteiger partial charge on any atom is -0.497 e. The van der Waals surface area contributed by atoms with Crippen LogP contribution in [0.15, 0.2) is 12.1 Å². The predicted octanol–water partition coefficient (Wildman–Crippen LogP) is 1.06. The van der Waals surface area contributed by atoms with Crippen LogP contribution in [0.1, 0.15) is 17.3 Å². The molecule has 0 bridgehead atoms. The van der Waals surface area contributed by atoms with Crippen LogP contribution >= 0.6 is 0 Å². The number of ketones is 1. The fourth-order valence-electron chi connectivity index (χ4n) is 1.18. The number of carbonyl (C=O) groups is 1. The maximum absolute atomic E-state index is 11.1. The molecule has 1 aromatic carbocycles. The third-order valence-corrected chi connectivity index (χ3v) is 1.76. The van der Waals surface area contributed by atoms with E-state index in [-0.39, 0.29) is 5.78 Å². The van der Waals surface area contributed by atoms with E-state index < -0.39 is 0 Å². The van der Waals surface area contributed by atoms with E-state index in [1.165, 1.54) is 14.0 Å². The van der Waals surface area contributed by atoms with Gasteiger partial charge in [0.2, 0.25) is 0 Å². The summed E-state index contributed by atoms with van der Waals surface area (Å²) in [5.74, 6) is 0.414. The Kier molecular flexibility index (Phi) is 2.41. The summed E-state index contributed by atoms with van der Waals surface area (Å²) in [5, 5.41) is 0. The highest BCUT2D eigenvalue weighted by atomic mass is 16.5. The van der Waals surface area contributed by atoms with Crippen LogP contribution in [0.4, 0.5) is 11.4 Å². The highest BCUT2D eigenvalue weighted by Gasteiger charge is 2.10. The number of hydrogen-bond donors (Lipinski definition) is 2. The van der Waals surface area contributed by atoms with E-state index >= 15 is 0 Å². The zero-order valence-electron chi connectivity index (χ0n) is 7.63. The summed E-state index contributed by atoms with van der Waals surface area (Å²) < 4.78 is 4.94. The number of nitrogens with two attached hydrogens (primary N) is 2. The quantitative estimate of drug-likeness (QED) is 0.527. The van der Waals surface area contributed by atoms with E-state index in [0.29, 0.717) is 22.7 Å². The smallest absolute Gasteiger partial charge is 0.163 e. The number of carbonyl (C=O) groups excluding carboxylic acids is 1. The molecule has 0 unspecified atom stereocenters. The molecule has 0 heterocycles. The molecule has 70 valence electrons. The molecule has 0 radical (unpaired) electrons. The third kappa shape index (κ3) is 1.72. The molecule has 0 aromatic heterocycles. The number of Topliss-reactive ketones (excluding diaryl/α,β-unsaturated/α-hetero) is 1. The van der Waals surface area contributed by atoms with Crippen molar-refractivity contribution in [2.45, 2.75) is 6.92 Å². The standard InChI is InChI=1S/C9H12N2O2/c1-5(12)9-7(10)3-6(13-2)4-8(9)11/h3-4H,10-11H2,1-2H3. The highest BCUT2D eigenvalue weighted by Crippen LogP contribution is 2.26. The Balaban J connectivity index is 3.31. The lowest BCUT2D eigenvalue weighted by atomic mass is 10.1. The van der Waals surface area contributed by atoms with Gasteiger partial charge in [0.15, 0.2) is 5.78 Å². The first-order valence-electron chi connectivity index (χ1n) is 3.80. The van der Waals surface area contributed by atoms with Crippen LogP contribution in [-0.2, 0) is 0 Å². The lowest BCUT2D eigenvalue weighted by molar-refractivity contribution is 0.101. The van der Waals surface area contributed by atoms with Gasteiger partial charge in [-0.3, -0.25) is 4.79 Å². The first-order valence-corrected chi connectivity index (χ1v) is 3.80. The fraction of sp³-hybridized carbons (Fsp3) is 0.222. The second-order valence-electron chi connectivity index (χ2n) is 2.74. The van der Waals surface area contributed by atoms with Crippen LogP contribution in [0.25, 0.3) is 0 Å². The Bertz CT molecular complexity index is 324. The van der Waals surface area contributed by atoms with Crippen molar-refractivity contribution in [3.8, 4) is 5.75 Å². The maximum atomic E-state index is 11.1. The van der Waals surface area contributed by atoms with E-state index in [2.05, 4.69) is 0 Å². The molecule has 4 nitrogen and oxygen atoms in total. The molecule has 0 fully saturated rings. The predicted molar refractivity (Wildman–Crippen MR) is 51.8 cm³/mol. The molecule has 0 spiro atoms. The Morgan fingerprint density at radius 1 is 1.31 bits per heavy atom. The lowest BCUT2D eigenvalue weighted by Crippen LogP contribution is -2.05. The van der Waals surface area contributed by atoms with Gasteiger partial charge in [-0.05, 0) is 6.92 Å². The highest BCUT2D eigenvalue weighted by molar-refractivity contribution is 6.04. The molecule has 0 aliphatic heterocycles. The van der Waals surface area contributed by atoms with Crippen molar-refractivity contribution in [3.63, 3.8) is 0 Å². The summed E-state index contributed by atoms with van der Waals surface area (Å²) in [7, 11) is 1.52. The van der Waals surface area contributed by atoms with Gasteiger partial charge < -0.3 is 16.2 Å². The monoisotopic (exact) mass is 180 g/mol. The van der Waals surface area contributed by atoms with E-state index in [9.17, 15) is 4.79 Å². The molecule has 0 atom stereocenters. The second kappa shape index (κ2) is 3.35. The van der Waals surface area contributed by atoms with E-state index in [1.807, 2.05) is 0 Å². The summed E-state index contributed by atoms with van der Waals surface area (Å²) in [4.78, 5) is 11.1. The summed E-state index contributed by atoms with van der Waals surface area (Å²) in [5.41, 5.74) is 12.3. The fourth-order valence-corrected chi connectivity index (χ4v) is 1.18. The van der Waals surface area contributed by atoms with Gasteiger partial charge in [0.05, 0.1) is 12.7 Å². The zero-order valence-corrected chi connectivity index (χ0v) is 7.63. The number of hydrogen-bond acceptors (Lipinski definition) is 4. The van der Waals surface area contributed by atoms with Gasteiger partial charge in [-0.25, -0.2) is 0 Å². The van der Waals surface area contributed by atoms with Crippen molar-refractivity contribution >= 4 is 17.2 Å². The Labute approximate surface area is 76.5 Å². The topological polar surface area (TPSA) is 78.3 Å². The van der Waals surface area contributed by atoms with Gasteiger partial charge in [-0.2, -0.15) is 0 Å². The lowest BCUT2D eigenvalue weighted by Gasteiger charge is -2.08. The SMILES string of the molecule is COc1cc(N)c(C(C)=O)c(N)c1. The van der Waals surface area contributed by atoms with Gasteiger partial charge in [0.25, 0.3) is 0 Å². The van der Waals surface area contributed by atoms with Crippen molar-refractivity contribution in [1.29, 1.82) is 0 Å². The van der Waals surface area contributed by atoms with Crippen LogP contribution in [-0.4, -0.2) is 12.9 Å². The number of rotatable bonds is 2. The molecule has 0 amide bonds. The minimum atomic E-state index is -0.141. The Morgan fingerprint density at radius 2 is 1.77 bits per heavy atom. The second-order valence-corrected chi connectivity index (χ2v) is 2.74. The maximum Gasteiger partial charge on any atom is 0.163 e. The van der Waals surface area contributed by atoms with Crippen molar-refractivity contribution in [2.24, 2.45) is 0 Å². The van der Waals surface area contributed by atoms with E-state index in [0.717, 1.165) is 0 Å². The molecule has 1 aromatic rings. The summed E-state index contributed by atoms with van der Waals surface area (Å²) >= 11 is 0. The van der Waals surface area contributed by atoms with Crippen LogP contribution in [0.3, 0.4) is 0 Å². The van der Waals surface area contributed by atoms with E-state index in [1.54, 1.807) is 12.1 Å². The summed E-state index contributed by atoms with van der Waals surface area (Å²) in [6, 6.07) is 3.15. The number of anilines is 2. The molecular weight excluding hydrogens is 168 g/mol. The Hall–Kier alpha value is -1.71. The van der Waals surface area contributed by atoms with Gasteiger partial charge in [-0.15, -0.1) is 0 Å². The van der Waals surface area contributed by atoms with Gasteiger partial charge in [-0.1, -0.05) is 0 Å². The zero-order chi connectivity index (χ0) is 10.0. The molecule has 13 heavy (non-hydrogen) atoms. The molecule has 0 saturated carbocycles. The first kappa shape index (κ1) is 9.38. The van der Waals surface area contributed by atoms with E-state index in [4.69, 9.17) is 16.2 Å². The third-order valence-electron chi connectivity index (χ3n) is 1.76. The Morgan fingerprint density at radius 3 is 2.08 bits per heavy atom. The first-order chi connectivity index (χ1) is 6.06. The van der Waals surface area contributed by atoms with Gasteiger partial charge >= 0.3 is 0 Å². The normalized spacial score (nSPS) is 9.69. The number of benzene rings is 1. The molecule has 4 heteroatoms. The molecule has 1 rings (SSSR count). The van der Waals surface area contributed by atoms with Crippen molar-refractivity contribution < 1.29 is 9.53 Å². The van der Waals surface area contributed by atoms with Crippen LogP contribution in [0, 0.1) is 0 Å². The average Bonchev–Trinajstić information content (AvgIpc) is 2.02. The summed E-state index contributed by atoms with van der Waals surface area (Å²) in [6.45, 7) is 1.43. The van der Waals surface area contributed by atoms with Crippen molar-refractivity contribution in [1.82, 2.24) is 0 Å². The molecule has 0 saturated heterocycles. The van der Waals surface area contributed by atoms with Crippen LogP contribution in [0.2, 0.25) is 0 Å².